The number of oxazole rings is 1. The van der Waals surface area contributed by atoms with E-state index in [9.17, 15) is 0 Å². The largest absolute Gasteiger partial charge is 0.440 e. The molecule has 0 N–H and O–H groups in total. The van der Waals surface area contributed by atoms with Crippen molar-refractivity contribution in [1.82, 2.24) is 19.7 Å². The van der Waals surface area contributed by atoms with E-state index in [1.165, 1.54) is 12.8 Å². The van der Waals surface area contributed by atoms with Gasteiger partial charge in [-0.25, -0.2) is 4.98 Å². The Bertz CT molecular complexity index is 823. The molecule has 0 atom stereocenters. The monoisotopic (exact) mass is 346 g/mol. The number of aryl methyl sites for hydroxylation is 1. The normalized spacial score (nSPS) is 14.3. The molecule has 0 aliphatic heterocycles. The molecule has 0 spiro atoms. The highest BCUT2D eigenvalue weighted by Gasteiger charge is 2.28. The van der Waals surface area contributed by atoms with Crippen molar-refractivity contribution in [3.63, 3.8) is 0 Å². The predicted octanol–water partition coefficient (Wildman–Crippen LogP) is 4.52. The van der Waals surface area contributed by atoms with Crippen molar-refractivity contribution >= 4 is 23.4 Å². The van der Waals surface area contributed by atoms with E-state index in [4.69, 9.17) is 16.0 Å². The Morgan fingerprint density at radius 2 is 2.04 bits per heavy atom. The van der Waals surface area contributed by atoms with E-state index in [1.54, 1.807) is 18.0 Å². The number of aromatic nitrogens is 4. The maximum Gasteiger partial charge on any atom is 0.205 e. The highest BCUT2D eigenvalue weighted by molar-refractivity contribution is 7.98. The van der Waals surface area contributed by atoms with E-state index in [0.717, 1.165) is 22.3 Å². The molecule has 0 amide bonds. The van der Waals surface area contributed by atoms with Crippen molar-refractivity contribution < 1.29 is 4.42 Å². The fourth-order valence-corrected chi connectivity index (χ4v) is 3.48. The lowest BCUT2D eigenvalue weighted by Gasteiger charge is -2.04. The fourth-order valence-electron chi connectivity index (χ4n) is 2.45. The van der Waals surface area contributed by atoms with Gasteiger partial charge in [0, 0.05) is 16.6 Å². The third kappa shape index (κ3) is 3.14. The van der Waals surface area contributed by atoms with E-state index >= 15 is 0 Å². The summed E-state index contributed by atoms with van der Waals surface area (Å²) in [5, 5.41) is 10.1. The van der Waals surface area contributed by atoms with Gasteiger partial charge in [0.25, 0.3) is 0 Å². The average molecular weight is 347 g/mol. The van der Waals surface area contributed by atoms with Crippen LogP contribution in [0.3, 0.4) is 0 Å². The Morgan fingerprint density at radius 3 is 2.78 bits per heavy atom. The summed E-state index contributed by atoms with van der Waals surface area (Å²) < 4.78 is 8.04. The predicted molar refractivity (Wildman–Crippen MR) is 89.5 cm³/mol. The van der Waals surface area contributed by atoms with Crippen molar-refractivity contribution in [3.05, 3.63) is 47.2 Å². The van der Waals surface area contributed by atoms with Crippen molar-refractivity contribution in [2.24, 2.45) is 0 Å². The molecule has 0 saturated heterocycles. The lowest BCUT2D eigenvalue weighted by Crippen LogP contribution is -1.99. The van der Waals surface area contributed by atoms with Gasteiger partial charge in [-0.1, -0.05) is 23.4 Å². The van der Waals surface area contributed by atoms with Crippen molar-refractivity contribution in [2.45, 2.75) is 36.7 Å². The molecule has 0 bridgehead atoms. The molecule has 0 radical (unpaired) electrons. The zero-order chi connectivity index (χ0) is 15.8. The van der Waals surface area contributed by atoms with Gasteiger partial charge in [-0.2, -0.15) is 0 Å². The van der Waals surface area contributed by atoms with Gasteiger partial charge in [0.05, 0.1) is 11.9 Å². The van der Waals surface area contributed by atoms with Crippen LogP contribution in [-0.2, 0) is 5.75 Å². The Labute approximate surface area is 143 Å². The zero-order valence-corrected chi connectivity index (χ0v) is 14.1. The van der Waals surface area contributed by atoms with E-state index in [0.29, 0.717) is 22.7 Å². The molecule has 1 aliphatic rings. The Morgan fingerprint density at radius 1 is 1.26 bits per heavy atom. The molecule has 0 unspecified atom stereocenters. The quantitative estimate of drug-likeness (QED) is 0.635. The first-order chi connectivity index (χ1) is 11.2. The molecule has 5 nitrogen and oxygen atoms in total. The van der Waals surface area contributed by atoms with Crippen molar-refractivity contribution in [1.29, 1.82) is 0 Å². The van der Waals surface area contributed by atoms with Gasteiger partial charge in [0.15, 0.2) is 10.9 Å². The minimum Gasteiger partial charge on any atom is -0.440 e. The molecule has 3 aromatic rings. The average Bonchev–Trinajstić information content (AvgIpc) is 3.15. The molecule has 23 heavy (non-hydrogen) atoms. The third-order valence-corrected chi connectivity index (χ3v) is 4.93. The first kappa shape index (κ1) is 14.8. The van der Waals surface area contributed by atoms with E-state index in [2.05, 4.69) is 19.7 Å². The van der Waals surface area contributed by atoms with Crippen LogP contribution in [0.15, 0.2) is 40.0 Å². The summed E-state index contributed by atoms with van der Waals surface area (Å²) in [6.07, 6.45) is 4.17. The standard InChI is InChI=1S/C16H15ClN4OS/c1-10-19-20-16(21(10)13-6-7-13)23-9-15-18-8-14(22-15)11-2-4-12(17)5-3-11/h2-5,8,13H,6-7,9H2,1H3. The summed E-state index contributed by atoms with van der Waals surface area (Å²) in [6, 6.07) is 8.10. The SMILES string of the molecule is Cc1nnc(SCc2ncc(-c3ccc(Cl)cc3)o2)n1C1CC1. The highest BCUT2D eigenvalue weighted by atomic mass is 35.5. The second kappa shape index (κ2) is 6.02. The van der Waals surface area contributed by atoms with E-state index in [1.807, 2.05) is 31.2 Å². The minimum atomic E-state index is 0.571. The van der Waals surface area contributed by atoms with Crippen LogP contribution in [0.2, 0.25) is 5.02 Å². The summed E-state index contributed by atoms with van der Waals surface area (Å²) in [6.45, 7) is 2.00. The highest BCUT2D eigenvalue weighted by Crippen LogP contribution is 2.39. The second-order valence-corrected chi connectivity index (χ2v) is 6.92. The fraction of sp³-hybridized carbons (Fsp3) is 0.312. The molecule has 7 heteroatoms. The number of halogens is 1. The maximum absolute atomic E-state index is 5.90. The van der Waals surface area contributed by atoms with Gasteiger partial charge in [0.1, 0.15) is 5.82 Å². The van der Waals surface area contributed by atoms with Gasteiger partial charge < -0.3 is 8.98 Å². The zero-order valence-electron chi connectivity index (χ0n) is 12.6. The molecular weight excluding hydrogens is 332 g/mol. The first-order valence-corrected chi connectivity index (χ1v) is 8.82. The summed E-state index contributed by atoms with van der Waals surface area (Å²) in [7, 11) is 0. The Balaban J connectivity index is 1.47. The van der Waals surface area contributed by atoms with Crippen LogP contribution in [0, 0.1) is 6.92 Å². The second-order valence-electron chi connectivity index (χ2n) is 5.54. The number of rotatable bonds is 5. The number of hydrogen-bond donors (Lipinski definition) is 0. The van der Waals surface area contributed by atoms with Crippen LogP contribution >= 0.6 is 23.4 Å². The molecule has 1 fully saturated rings. The summed E-state index contributed by atoms with van der Waals surface area (Å²) in [5.74, 6) is 3.04. The van der Waals surface area contributed by atoms with Crippen molar-refractivity contribution in [3.8, 4) is 11.3 Å². The lowest BCUT2D eigenvalue weighted by molar-refractivity contribution is 0.529. The number of hydrogen-bond acceptors (Lipinski definition) is 5. The molecule has 2 heterocycles. The molecule has 4 rings (SSSR count). The Kier molecular flexibility index (Phi) is 3.87. The Hall–Kier alpha value is -1.79. The van der Waals surface area contributed by atoms with Crippen LogP contribution in [0.5, 0.6) is 0 Å². The minimum absolute atomic E-state index is 0.571. The first-order valence-electron chi connectivity index (χ1n) is 7.45. The van der Waals surface area contributed by atoms with Gasteiger partial charge in [-0.15, -0.1) is 10.2 Å². The van der Waals surface area contributed by atoms with Gasteiger partial charge >= 0.3 is 0 Å². The topological polar surface area (TPSA) is 56.7 Å². The number of thioether (sulfide) groups is 1. The number of benzene rings is 1. The van der Waals surface area contributed by atoms with E-state index < -0.39 is 0 Å². The molecule has 118 valence electrons. The van der Waals surface area contributed by atoms with Gasteiger partial charge in [0.2, 0.25) is 5.89 Å². The third-order valence-electron chi connectivity index (χ3n) is 3.75. The lowest BCUT2D eigenvalue weighted by atomic mass is 10.2. The molecular formula is C16H15ClN4OS. The van der Waals surface area contributed by atoms with Gasteiger partial charge in [-0.3, -0.25) is 0 Å². The van der Waals surface area contributed by atoms with Crippen LogP contribution in [0.1, 0.15) is 30.6 Å². The van der Waals surface area contributed by atoms with Crippen LogP contribution in [0.25, 0.3) is 11.3 Å². The van der Waals surface area contributed by atoms with Crippen LogP contribution in [0.4, 0.5) is 0 Å². The molecule has 1 saturated carbocycles. The summed E-state index contributed by atoms with van der Waals surface area (Å²) in [4.78, 5) is 4.35. The summed E-state index contributed by atoms with van der Waals surface area (Å²) in [5.41, 5.74) is 0.968. The van der Waals surface area contributed by atoms with Crippen LogP contribution < -0.4 is 0 Å². The molecule has 2 aromatic heterocycles. The summed E-state index contributed by atoms with van der Waals surface area (Å²) >= 11 is 7.52. The van der Waals surface area contributed by atoms with E-state index in [-0.39, 0.29) is 0 Å². The van der Waals surface area contributed by atoms with Gasteiger partial charge in [-0.05, 0) is 44.0 Å². The maximum atomic E-state index is 5.90. The molecule has 1 aromatic carbocycles. The van der Waals surface area contributed by atoms with Crippen LogP contribution in [-0.4, -0.2) is 19.7 Å². The smallest absolute Gasteiger partial charge is 0.205 e. The van der Waals surface area contributed by atoms with Crippen molar-refractivity contribution in [2.75, 3.05) is 0 Å². The molecule has 1 aliphatic carbocycles. The number of nitrogens with zero attached hydrogens (tertiary/aromatic N) is 4.